The first-order valence-electron chi connectivity index (χ1n) is 11.9. The van der Waals surface area contributed by atoms with E-state index in [2.05, 4.69) is 9.97 Å². The summed E-state index contributed by atoms with van der Waals surface area (Å²) in [6.07, 6.45) is 2.47. The molecule has 5 rings (SSSR count). The van der Waals surface area contributed by atoms with Gasteiger partial charge in [-0.1, -0.05) is 30.3 Å². The molecule has 1 unspecified atom stereocenters. The summed E-state index contributed by atoms with van der Waals surface area (Å²) in [7, 11) is 0. The van der Waals surface area contributed by atoms with Gasteiger partial charge in [0.2, 0.25) is 0 Å². The molecule has 0 amide bonds. The van der Waals surface area contributed by atoms with E-state index in [0.29, 0.717) is 44.7 Å². The maximum Gasteiger partial charge on any atom is 0.127 e. The van der Waals surface area contributed by atoms with Gasteiger partial charge >= 0.3 is 0 Å². The van der Waals surface area contributed by atoms with E-state index in [-0.39, 0.29) is 0 Å². The van der Waals surface area contributed by atoms with Gasteiger partial charge in [0.1, 0.15) is 29.1 Å². The number of aliphatic hydroxyl groups is 2. The molecule has 1 atom stereocenters. The van der Waals surface area contributed by atoms with Crippen LogP contribution in [0.5, 0.6) is 17.2 Å². The summed E-state index contributed by atoms with van der Waals surface area (Å²) in [5, 5.41) is 21.9. The minimum Gasteiger partial charge on any atom is -0.493 e. The highest BCUT2D eigenvalue weighted by Crippen LogP contribution is 2.33. The smallest absolute Gasteiger partial charge is 0.127 e. The Kier molecular flexibility index (Phi) is 6.90. The molecule has 0 radical (unpaired) electrons. The Morgan fingerprint density at radius 3 is 2.20 bits per heavy atom. The molecule has 0 spiro atoms. The molecule has 0 bridgehead atoms. The van der Waals surface area contributed by atoms with E-state index in [1.54, 1.807) is 6.20 Å². The normalized spacial score (nSPS) is 16.6. The second-order valence-corrected chi connectivity index (χ2v) is 8.82. The van der Waals surface area contributed by atoms with Crippen LogP contribution in [0.25, 0.3) is 11.0 Å². The fraction of sp³-hybridized carbons (Fsp3) is 0.286. The third-order valence-electron chi connectivity index (χ3n) is 6.42. The Hall–Kier alpha value is -3.52. The topological polar surface area (TPSA) is 87.9 Å². The van der Waals surface area contributed by atoms with Crippen molar-refractivity contribution in [1.82, 2.24) is 14.9 Å². The summed E-state index contributed by atoms with van der Waals surface area (Å²) < 4.78 is 11.6. The van der Waals surface area contributed by atoms with Crippen LogP contribution in [-0.2, 0) is 5.60 Å². The van der Waals surface area contributed by atoms with Crippen LogP contribution in [0.1, 0.15) is 25.0 Å². The van der Waals surface area contributed by atoms with E-state index in [1.165, 1.54) is 0 Å². The first-order valence-corrected chi connectivity index (χ1v) is 11.9. The Balaban J connectivity index is 1.09. The Labute approximate surface area is 204 Å². The highest BCUT2D eigenvalue weighted by molar-refractivity contribution is 5.73. The zero-order chi connectivity index (χ0) is 24.1. The summed E-state index contributed by atoms with van der Waals surface area (Å²) in [5.41, 5.74) is 1.14. The van der Waals surface area contributed by atoms with Crippen LogP contribution in [-0.4, -0.2) is 51.0 Å². The lowest BCUT2D eigenvalue weighted by atomic mass is 9.88. The molecule has 180 valence electrons. The third kappa shape index (κ3) is 5.59. The van der Waals surface area contributed by atoms with Gasteiger partial charge in [-0.25, -0.2) is 4.98 Å². The molecule has 1 fully saturated rings. The Morgan fingerprint density at radius 1 is 0.829 bits per heavy atom. The highest BCUT2D eigenvalue weighted by Gasteiger charge is 2.37. The highest BCUT2D eigenvalue weighted by atomic mass is 16.5. The number of benzene rings is 3. The van der Waals surface area contributed by atoms with Gasteiger partial charge in [-0.2, -0.15) is 0 Å². The number of fused-ring (bicyclic) bond motifs is 1. The molecule has 7 heteroatoms. The third-order valence-corrected chi connectivity index (χ3v) is 6.42. The molecular formula is C28H29N3O4. The minimum atomic E-state index is -1.03. The first-order chi connectivity index (χ1) is 17.1. The molecule has 1 aromatic heterocycles. The van der Waals surface area contributed by atoms with Gasteiger partial charge in [-0.3, -0.25) is 9.88 Å². The van der Waals surface area contributed by atoms with E-state index < -0.39 is 11.8 Å². The fourth-order valence-electron chi connectivity index (χ4n) is 4.32. The van der Waals surface area contributed by atoms with Crippen molar-refractivity contribution in [3.63, 3.8) is 0 Å². The second-order valence-electron chi connectivity index (χ2n) is 8.82. The number of hydrogen-bond donors (Lipinski definition) is 2. The quantitative estimate of drug-likeness (QED) is 0.391. The number of ether oxygens (including phenoxy) is 2. The SMILES string of the molecule is OC(CCOc1ccc(Oc2ccccc2)cc1)N1CCC(O)(c2cnc3ccccc3n2)CC1. The van der Waals surface area contributed by atoms with E-state index in [0.717, 1.165) is 28.3 Å². The number of aliphatic hydroxyl groups excluding tert-OH is 1. The number of rotatable bonds is 8. The number of piperidine rings is 1. The number of nitrogens with zero attached hydrogens (tertiary/aromatic N) is 3. The zero-order valence-electron chi connectivity index (χ0n) is 19.5. The predicted molar refractivity (Wildman–Crippen MR) is 133 cm³/mol. The monoisotopic (exact) mass is 471 g/mol. The van der Waals surface area contributed by atoms with Crippen molar-refractivity contribution in [3.8, 4) is 17.2 Å². The Morgan fingerprint density at radius 2 is 1.46 bits per heavy atom. The molecule has 0 saturated carbocycles. The summed E-state index contributed by atoms with van der Waals surface area (Å²) in [4.78, 5) is 11.0. The van der Waals surface area contributed by atoms with Crippen LogP contribution in [0.4, 0.5) is 0 Å². The molecule has 3 aromatic carbocycles. The van der Waals surface area contributed by atoms with Crippen LogP contribution in [0, 0.1) is 0 Å². The summed E-state index contributed by atoms with van der Waals surface area (Å²) in [6, 6.07) is 24.7. The molecule has 2 heterocycles. The van der Waals surface area contributed by atoms with Crippen LogP contribution >= 0.6 is 0 Å². The lowest BCUT2D eigenvalue weighted by Gasteiger charge is -2.39. The van der Waals surface area contributed by atoms with Gasteiger partial charge in [-0.15, -0.1) is 0 Å². The molecule has 7 nitrogen and oxygen atoms in total. The maximum absolute atomic E-state index is 11.2. The molecule has 4 aromatic rings. The lowest BCUT2D eigenvalue weighted by molar-refractivity contribution is -0.0836. The average molecular weight is 472 g/mol. The largest absolute Gasteiger partial charge is 0.493 e. The van der Waals surface area contributed by atoms with Gasteiger partial charge in [0, 0.05) is 19.5 Å². The molecule has 2 N–H and O–H groups in total. The van der Waals surface area contributed by atoms with Gasteiger partial charge in [0.25, 0.3) is 0 Å². The van der Waals surface area contributed by atoms with Crippen LogP contribution in [0.3, 0.4) is 0 Å². The first kappa shape index (κ1) is 23.2. The van der Waals surface area contributed by atoms with E-state index in [4.69, 9.17) is 9.47 Å². The number of likely N-dealkylation sites (tertiary alicyclic amines) is 1. The van der Waals surface area contributed by atoms with E-state index >= 15 is 0 Å². The van der Waals surface area contributed by atoms with Gasteiger partial charge in [-0.05, 0) is 61.4 Å². The number of hydrogen-bond acceptors (Lipinski definition) is 7. The van der Waals surface area contributed by atoms with Crippen molar-refractivity contribution < 1.29 is 19.7 Å². The van der Waals surface area contributed by atoms with Crippen molar-refractivity contribution in [3.05, 3.63) is 90.8 Å². The molecule has 35 heavy (non-hydrogen) atoms. The second kappa shape index (κ2) is 10.4. The molecule has 1 aliphatic heterocycles. The predicted octanol–water partition coefficient (Wildman–Crippen LogP) is 4.49. The Bertz CT molecular complexity index is 1240. The number of para-hydroxylation sites is 3. The van der Waals surface area contributed by atoms with Gasteiger partial charge in [0.15, 0.2) is 0 Å². The van der Waals surface area contributed by atoms with Crippen molar-refractivity contribution in [2.45, 2.75) is 31.1 Å². The van der Waals surface area contributed by atoms with Crippen LogP contribution in [0.15, 0.2) is 85.1 Å². The van der Waals surface area contributed by atoms with Gasteiger partial charge < -0.3 is 19.7 Å². The average Bonchev–Trinajstić information content (AvgIpc) is 2.90. The lowest BCUT2D eigenvalue weighted by Crippen LogP contribution is -2.47. The standard InChI is InChI=1S/C28H29N3O4/c32-27(14-19-34-21-10-12-23(13-11-21)35-22-6-2-1-3-7-22)31-17-15-28(33,16-18-31)26-20-29-24-8-4-5-9-25(24)30-26/h1-13,20,27,32-33H,14-19H2. The molecule has 0 aliphatic carbocycles. The fourth-order valence-corrected chi connectivity index (χ4v) is 4.32. The molecular weight excluding hydrogens is 442 g/mol. The van der Waals surface area contributed by atoms with Crippen molar-refractivity contribution in [2.24, 2.45) is 0 Å². The van der Waals surface area contributed by atoms with E-state index in [9.17, 15) is 10.2 Å². The maximum atomic E-state index is 11.2. The molecule has 1 aliphatic rings. The van der Waals surface area contributed by atoms with Crippen molar-refractivity contribution in [2.75, 3.05) is 19.7 Å². The van der Waals surface area contributed by atoms with E-state index in [1.807, 2.05) is 83.8 Å². The van der Waals surface area contributed by atoms with Gasteiger partial charge in [0.05, 0.1) is 29.5 Å². The summed E-state index contributed by atoms with van der Waals surface area (Å²) in [5.74, 6) is 2.24. The summed E-state index contributed by atoms with van der Waals surface area (Å²) in [6.45, 7) is 1.52. The number of aromatic nitrogens is 2. The van der Waals surface area contributed by atoms with Crippen molar-refractivity contribution in [1.29, 1.82) is 0 Å². The molecule has 1 saturated heterocycles. The minimum absolute atomic E-state index is 0.386. The van der Waals surface area contributed by atoms with Crippen LogP contribution in [0.2, 0.25) is 0 Å². The zero-order valence-corrected chi connectivity index (χ0v) is 19.5. The van der Waals surface area contributed by atoms with Crippen molar-refractivity contribution >= 4 is 11.0 Å². The van der Waals surface area contributed by atoms with Crippen LogP contribution < -0.4 is 9.47 Å². The summed E-state index contributed by atoms with van der Waals surface area (Å²) >= 11 is 0.